The molecular formula is C10H15N5O. The minimum atomic E-state index is 0.0454. The third-order valence-electron chi connectivity index (χ3n) is 2.55. The maximum absolute atomic E-state index is 11.6. The van der Waals surface area contributed by atoms with E-state index in [1.807, 2.05) is 0 Å². The van der Waals surface area contributed by atoms with Gasteiger partial charge < -0.3 is 5.32 Å². The van der Waals surface area contributed by atoms with Crippen LogP contribution in [-0.4, -0.2) is 26.1 Å². The van der Waals surface area contributed by atoms with Gasteiger partial charge in [0, 0.05) is 6.42 Å². The average molecular weight is 221 g/mol. The number of aromatic nitrogens is 4. The Labute approximate surface area is 93.7 Å². The second kappa shape index (κ2) is 4.87. The predicted molar refractivity (Wildman–Crippen MR) is 57.1 cm³/mol. The van der Waals surface area contributed by atoms with Crippen LogP contribution in [0.1, 0.15) is 25.1 Å². The molecule has 1 N–H and O–H groups in total. The first kappa shape index (κ1) is 10.8. The van der Waals surface area contributed by atoms with Crippen LogP contribution in [0.2, 0.25) is 0 Å². The van der Waals surface area contributed by atoms with Gasteiger partial charge in [-0.05, 0) is 24.0 Å². The van der Waals surface area contributed by atoms with Crippen LogP contribution in [0.4, 0.5) is 0 Å². The van der Waals surface area contributed by atoms with E-state index in [0.29, 0.717) is 24.7 Å². The Balaban J connectivity index is 1.73. The highest BCUT2D eigenvalue weighted by Crippen LogP contribution is 2.19. The second-order valence-corrected chi connectivity index (χ2v) is 3.94. The molecule has 0 fully saturated rings. The molecule has 1 aromatic rings. The molecule has 1 atom stereocenters. The molecule has 1 amide bonds. The van der Waals surface area contributed by atoms with Crippen LogP contribution in [0.3, 0.4) is 0 Å². The van der Waals surface area contributed by atoms with Crippen molar-refractivity contribution < 1.29 is 4.79 Å². The Kier molecular flexibility index (Phi) is 3.28. The van der Waals surface area contributed by atoms with Crippen LogP contribution in [0.15, 0.2) is 12.2 Å². The minimum absolute atomic E-state index is 0.0454. The largest absolute Gasteiger partial charge is 0.349 e. The van der Waals surface area contributed by atoms with Crippen molar-refractivity contribution in [3.05, 3.63) is 18.0 Å². The van der Waals surface area contributed by atoms with Gasteiger partial charge >= 0.3 is 0 Å². The summed E-state index contributed by atoms with van der Waals surface area (Å²) >= 11 is 0. The topological polar surface area (TPSA) is 72.7 Å². The van der Waals surface area contributed by atoms with Gasteiger partial charge in [-0.2, -0.15) is 4.80 Å². The molecule has 86 valence electrons. The third kappa shape index (κ3) is 2.88. The number of amides is 1. The Morgan fingerprint density at radius 1 is 1.69 bits per heavy atom. The number of hydrogen-bond donors (Lipinski definition) is 1. The molecule has 6 heteroatoms. The Morgan fingerprint density at radius 3 is 3.19 bits per heavy atom. The zero-order valence-electron chi connectivity index (χ0n) is 9.26. The smallest absolute Gasteiger partial charge is 0.220 e. The summed E-state index contributed by atoms with van der Waals surface area (Å²) in [5.41, 5.74) is 0. The van der Waals surface area contributed by atoms with E-state index in [1.165, 1.54) is 4.80 Å². The van der Waals surface area contributed by atoms with Gasteiger partial charge in [-0.25, -0.2) is 0 Å². The van der Waals surface area contributed by atoms with Crippen molar-refractivity contribution in [2.24, 2.45) is 13.0 Å². The molecule has 1 aliphatic rings. The maximum atomic E-state index is 11.6. The van der Waals surface area contributed by atoms with Gasteiger partial charge in [0.05, 0.1) is 13.6 Å². The summed E-state index contributed by atoms with van der Waals surface area (Å²) in [6, 6.07) is 0. The summed E-state index contributed by atoms with van der Waals surface area (Å²) in [6.07, 6.45) is 6.96. The molecule has 0 aromatic carbocycles. The summed E-state index contributed by atoms with van der Waals surface area (Å²) in [4.78, 5) is 12.9. The number of carbonyl (C=O) groups is 1. The average Bonchev–Trinajstić information content (AvgIpc) is 2.87. The zero-order valence-corrected chi connectivity index (χ0v) is 9.26. The summed E-state index contributed by atoms with van der Waals surface area (Å²) < 4.78 is 0. The molecule has 1 heterocycles. The van der Waals surface area contributed by atoms with Crippen LogP contribution in [-0.2, 0) is 18.4 Å². The van der Waals surface area contributed by atoms with Crippen LogP contribution in [0, 0.1) is 5.92 Å². The molecule has 1 aliphatic carbocycles. The number of carbonyl (C=O) groups excluding carboxylic acids is 1. The van der Waals surface area contributed by atoms with Crippen molar-refractivity contribution in [1.82, 2.24) is 25.5 Å². The molecule has 0 saturated carbocycles. The van der Waals surface area contributed by atoms with Crippen molar-refractivity contribution in [2.45, 2.75) is 25.8 Å². The quantitative estimate of drug-likeness (QED) is 0.736. The number of rotatable bonds is 4. The highest BCUT2D eigenvalue weighted by atomic mass is 16.1. The number of allylic oxidation sites excluding steroid dienone is 2. The summed E-state index contributed by atoms with van der Waals surface area (Å²) in [7, 11) is 1.70. The van der Waals surface area contributed by atoms with Crippen LogP contribution < -0.4 is 5.32 Å². The van der Waals surface area contributed by atoms with Crippen molar-refractivity contribution >= 4 is 5.91 Å². The lowest BCUT2D eigenvalue weighted by Crippen LogP contribution is -2.25. The first-order valence-corrected chi connectivity index (χ1v) is 5.40. The number of hydrogen-bond acceptors (Lipinski definition) is 4. The fraction of sp³-hybridized carbons (Fsp3) is 0.600. The third-order valence-corrected chi connectivity index (χ3v) is 2.55. The van der Waals surface area contributed by atoms with Crippen LogP contribution in [0.5, 0.6) is 0 Å². The Bertz CT molecular complexity index is 398. The van der Waals surface area contributed by atoms with E-state index in [1.54, 1.807) is 7.05 Å². The molecule has 16 heavy (non-hydrogen) atoms. The molecule has 0 saturated heterocycles. The Hall–Kier alpha value is -1.72. The van der Waals surface area contributed by atoms with Gasteiger partial charge in [0.1, 0.15) is 0 Å². The molecule has 0 radical (unpaired) electrons. The van der Waals surface area contributed by atoms with Gasteiger partial charge in [0.2, 0.25) is 5.91 Å². The number of aryl methyl sites for hydroxylation is 1. The normalized spacial score (nSPS) is 18.9. The first-order valence-electron chi connectivity index (χ1n) is 5.40. The lowest BCUT2D eigenvalue weighted by atomic mass is 10.1. The second-order valence-electron chi connectivity index (χ2n) is 3.94. The summed E-state index contributed by atoms with van der Waals surface area (Å²) in [5, 5.41) is 14.3. The van der Waals surface area contributed by atoms with E-state index in [4.69, 9.17) is 0 Å². The van der Waals surface area contributed by atoms with Crippen LogP contribution >= 0.6 is 0 Å². The van der Waals surface area contributed by atoms with E-state index in [-0.39, 0.29) is 5.91 Å². The van der Waals surface area contributed by atoms with Gasteiger partial charge in [-0.1, -0.05) is 12.2 Å². The zero-order chi connectivity index (χ0) is 11.4. The molecular weight excluding hydrogens is 206 g/mol. The van der Waals surface area contributed by atoms with E-state index in [0.717, 1.165) is 12.8 Å². The van der Waals surface area contributed by atoms with Gasteiger partial charge in [0.25, 0.3) is 0 Å². The SMILES string of the molecule is Cn1nnc(CNC(=O)CC2C=CCC2)n1. The van der Waals surface area contributed by atoms with Crippen molar-refractivity contribution in [2.75, 3.05) is 0 Å². The van der Waals surface area contributed by atoms with Gasteiger partial charge in [-0.15, -0.1) is 10.2 Å². The fourth-order valence-corrected chi connectivity index (χ4v) is 1.75. The molecule has 2 rings (SSSR count). The van der Waals surface area contributed by atoms with E-state index in [2.05, 4.69) is 32.9 Å². The first-order chi connectivity index (χ1) is 7.74. The fourth-order valence-electron chi connectivity index (χ4n) is 1.75. The molecule has 0 aliphatic heterocycles. The van der Waals surface area contributed by atoms with E-state index < -0.39 is 0 Å². The summed E-state index contributed by atoms with van der Waals surface area (Å²) in [6.45, 7) is 0.350. The summed E-state index contributed by atoms with van der Waals surface area (Å²) in [5.74, 6) is 0.983. The predicted octanol–water partition coefficient (Wildman–Crippen LogP) is 0.183. The molecule has 6 nitrogen and oxygen atoms in total. The lowest BCUT2D eigenvalue weighted by Gasteiger charge is -2.06. The molecule has 1 unspecified atom stereocenters. The highest BCUT2D eigenvalue weighted by Gasteiger charge is 2.14. The monoisotopic (exact) mass is 221 g/mol. The van der Waals surface area contributed by atoms with E-state index in [9.17, 15) is 4.79 Å². The van der Waals surface area contributed by atoms with E-state index >= 15 is 0 Å². The number of nitrogens with zero attached hydrogens (tertiary/aromatic N) is 4. The van der Waals surface area contributed by atoms with Gasteiger partial charge in [-0.3, -0.25) is 4.79 Å². The lowest BCUT2D eigenvalue weighted by molar-refractivity contribution is -0.121. The minimum Gasteiger partial charge on any atom is -0.349 e. The Morgan fingerprint density at radius 2 is 2.56 bits per heavy atom. The number of nitrogens with one attached hydrogen (secondary N) is 1. The molecule has 0 bridgehead atoms. The highest BCUT2D eigenvalue weighted by molar-refractivity contribution is 5.76. The van der Waals surface area contributed by atoms with Crippen molar-refractivity contribution in [3.8, 4) is 0 Å². The molecule has 0 spiro atoms. The van der Waals surface area contributed by atoms with Crippen molar-refractivity contribution in [3.63, 3.8) is 0 Å². The number of tetrazole rings is 1. The van der Waals surface area contributed by atoms with Crippen molar-refractivity contribution in [1.29, 1.82) is 0 Å². The van der Waals surface area contributed by atoms with Gasteiger partial charge in [0.15, 0.2) is 5.82 Å². The molecule has 1 aromatic heterocycles. The standard InChI is InChI=1S/C10H15N5O/c1-15-13-9(12-14-15)7-11-10(16)6-8-4-2-3-5-8/h2,4,8H,3,5-7H2,1H3,(H,11,16). The maximum Gasteiger partial charge on any atom is 0.220 e. The van der Waals surface area contributed by atoms with Crippen LogP contribution in [0.25, 0.3) is 0 Å².